The van der Waals surface area contributed by atoms with Gasteiger partial charge in [-0.25, -0.2) is 0 Å². The highest BCUT2D eigenvalue weighted by atomic mass is 35.5. The second kappa shape index (κ2) is 10.8. The quantitative estimate of drug-likeness (QED) is 0.729. The van der Waals surface area contributed by atoms with Crippen molar-refractivity contribution in [1.29, 1.82) is 0 Å². The second-order valence-electron chi connectivity index (χ2n) is 4.93. The number of likely N-dealkylation sites (tertiary alicyclic amines) is 1. The van der Waals surface area contributed by atoms with E-state index in [4.69, 9.17) is 5.11 Å². The molecule has 0 amide bonds. The Kier molecular flexibility index (Phi) is 10.8. The van der Waals surface area contributed by atoms with Crippen LogP contribution >= 0.6 is 24.2 Å². The van der Waals surface area contributed by atoms with Crippen molar-refractivity contribution in [2.24, 2.45) is 0 Å². The van der Waals surface area contributed by atoms with Gasteiger partial charge in [0, 0.05) is 18.3 Å². The monoisotopic (exact) mass is 310 g/mol. The Morgan fingerprint density at radius 3 is 2.79 bits per heavy atom. The summed E-state index contributed by atoms with van der Waals surface area (Å²) < 4.78 is 0. The van der Waals surface area contributed by atoms with Crippen LogP contribution in [0.15, 0.2) is 0 Å². The molecule has 0 aliphatic carbocycles. The molecule has 1 heterocycles. The van der Waals surface area contributed by atoms with Crippen LogP contribution in [0.3, 0.4) is 0 Å². The summed E-state index contributed by atoms with van der Waals surface area (Å²) in [6.07, 6.45) is 3.41. The van der Waals surface area contributed by atoms with Crippen molar-refractivity contribution >= 4 is 30.1 Å². The Morgan fingerprint density at radius 2 is 2.16 bits per heavy atom. The van der Waals surface area contributed by atoms with E-state index in [0.717, 1.165) is 19.4 Å². The number of carboxylic acids is 1. The molecule has 0 saturated carbocycles. The zero-order valence-corrected chi connectivity index (χ0v) is 13.6. The number of likely N-dealkylation sites (N-methyl/N-ethyl adjacent to an activating group) is 1. The first-order chi connectivity index (χ1) is 8.63. The number of rotatable bonds is 7. The van der Waals surface area contributed by atoms with Crippen molar-refractivity contribution in [2.75, 3.05) is 44.7 Å². The molecule has 19 heavy (non-hydrogen) atoms. The van der Waals surface area contributed by atoms with Gasteiger partial charge in [0.25, 0.3) is 0 Å². The van der Waals surface area contributed by atoms with Gasteiger partial charge in [0.15, 0.2) is 0 Å². The van der Waals surface area contributed by atoms with Crippen LogP contribution in [0.25, 0.3) is 0 Å². The largest absolute Gasteiger partial charge is 0.480 e. The van der Waals surface area contributed by atoms with Gasteiger partial charge < -0.3 is 10.0 Å². The number of nitrogens with zero attached hydrogens (tertiary/aromatic N) is 2. The van der Waals surface area contributed by atoms with Gasteiger partial charge in [0.05, 0.1) is 6.54 Å². The molecule has 0 bridgehead atoms. The molecule has 1 fully saturated rings. The third-order valence-electron chi connectivity index (χ3n) is 3.55. The van der Waals surface area contributed by atoms with Crippen LogP contribution in [0, 0.1) is 0 Å². The van der Waals surface area contributed by atoms with Gasteiger partial charge in [0.2, 0.25) is 0 Å². The SMILES string of the molecule is CCSCCN1CCCC(N(C)CC(=O)O)CC1.Cl. The van der Waals surface area contributed by atoms with Gasteiger partial charge in [-0.15, -0.1) is 12.4 Å². The molecule has 114 valence electrons. The van der Waals surface area contributed by atoms with Crippen LogP contribution in [0.1, 0.15) is 26.2 Å². The summed E-state index contributed by atoms with van der Waals surface area (Å²) in [5.74, 6) is 1.68. The summed E-state index contributed by atoms with van der Waals surface area (Å²) in [7, 11) is 1.93. The highest BCUT2D eigenvalue weighted by molar-refractivity contribution is 7.99. The van der Waals surface area contributed by atoms with E-state index in [1.54, 1.807) is 0 Å². The number of carbonyl (C=O) groups is 1. The number of hydrogen-bond donors (Lipinski definition) is 1. The van der Waals surface area contributed by atoms with Gasteiger partial charge in [-0.1, -0.05) is 6.92 Å². The van der Waals surface area contributed by atoms with Gasteiger partial charge in [-0.3, -0.25) is 9.69 Å². The van der Waals surface area contributed by atoms with Crippen LogP contribution < -0.4 is 0 Å². The van der Waals surface area contributed by atoms with Crippen LogP contribution in [0.5, 0.6) is 0 Å². The summed E-state index contributed by atoms with van der Waals surface area (Å²) >= 11 is 1.99. The fourth-order valence-electron chi connectivity index (χ4n) is 2.48. The Hall–Kier alpha value is 0.0300. The van der Waals surface area contributed by atoms with Crippen molar-refractivity contribution in [3.05, 3.63) is 0 Å². The molecular weight excluding hydrogens is 284 g/mol. The molecule has 0 spiro atoms. The summed E-state index contributed by atoms with van der Waals surface area (Å²) in [5.41, 5.74) is 0. The lowest BCUT2D eigenvalue weighted by molar-refractivity contribution is -0.138. The van der Waals surface area contributed by atoms with Crippen molar-refractivity contribution < 1.29 is 9.90 Å². The first-order valence-corrected chi connectivity index (χ1v) is 8.01. The Bertz CT molecular complexity index is 257. The summed E-state index contributed by atoms with van der Waals surface area (Å²) in [6.45, 7) is 5.81. The average Bonchev–Trinajstić information content (AvgIpc) is 2.54. The van der Waals surface area contributed by atoms with Gasteiger partial charge >= 0.3 is 5.97 Å². The molecule has 1 aliphatic heterocycles. The minimum atomic E-state index is -0.724. The standard InChI is InChI=1S/C13H26N2O2S.ClH/c1-3-18-10-9-15-7-4-5-12(6-8-15)14(2)11-13(16)17;/h12H,3-11H2,1-2H3,(H,16,17);1H. The second-order valence-corrected chi connectivity index (χ2v) is 6.33. The number of thioether (sulfide) groups is 1. The fourth-order valence-corrected chi connectivity index (χ4v) is 3.16. The van der Waals surface area contributed by atoms with Crippen LogP contribution in [0.2, 0.25) is 0 Å². The minimum absolute atomic E-state index is 0. The maximum absolute atomic E-state index is 10.7. The van der Waals surface area contributed by atoms with Crippen LogP contribution in [0.4, 0.5) is 0 Å². The lowest BCUT2D eigenvalue weighted by atomic mass is 10.1. The maximum atomic E-state index is 10.7. The third-order valence-corrected chi connectivity index (χ3v) is 4.43. The van der Waals surface area contributed by atoms with E-state index in [-0.39, 0.29) is 19.0 Å². The van der Waals surface area contributed by atoms with Crippen molar-refractivity contribution in [3.63, 3.8) is 0 Å². The normalized spacial score (nSPS) is 20.9. The molecule has 1 saturated heterocycles. The molecule has 0 aromatic rings. The van der Waals surface area contributed by atoms with E-state index in [1.165, 1.54) is 31.0 Å². The van der Waals surface area contributed by atoms with Crippen molar-refractivity contribution in [2.45, 2.75) is 32.2 Å². The highest BCUT2D eigenvalue weighted by Crippen LogP contribution is 2.16. The number of aliphatic carboxylic acids is 1. The summed E-state index contributed by atoms with van der Waals surface area (Å²) in [6, 6.07) is 0.435. The predicted octanol–water partition coefficient (Wildman–Crippen LogP) is 2.03. The highest BCUT2D eigenvalue weighted by Gasteiger charge is 2.21. The minimum Gasteiger partial charge on any atom is -0.480 e. The van der Waals surface area contributed by atoms with Crippen molar-refractivity contribution in [3.8, 4) is 0 Å². The molecule has 1 unspecified atom stereocenters. The topological polar surface area (TPSA) is 43.8 Å². The lowest BCUT2D eigenvalue weighted by Crippen LogP contribution is -2.36. The molecule has 1 rings (SSSR count). The van der Waals surface area contributed by atoms with Crippen LogP contribution in [-0.4, -0.2) is 71.6 Å². The summed E-state index contributed by atoms with van der Waals surface area (Å²) in [5, 5.41) is 8.83. The molecule has 0 aromatic carbocycles. The molecule has 0 radical (unpaired) electrons. The molecular formula is C13H27ClN2O2S. The number of hydrogen-bond acceptors (Lipinski definition) is 4. The van der Waals surface area contributed by atoms with Crippen LogP contribution in [-0.2, 0) is 4.79 Å². The van der Waals surface area contributed by atoms with Gasteiger partial charge in [0.1, 0.15) is 0 Å². The first-order valence-electron chi connectivity index (χ1n) is 6.85. The Balaban J connectivity index is 0.00000324. The third kappa shape index (κ3) is 8.02. The Morgan fingerprint density at radius 1 is 1.42 bits per heavy atom. The van der Waals surface area contributed by atoms with E-state index in [2.05, 4.69) is 11.8 Å². The fraction of sp³-hybridized carbons (Fsp3) is 0.923. The maximum Gasteiger partial charge on any atom is 0.317 e. The van der Waals surface area contributed by atoms with E-state index < -0.39 is 5.97 Å². The first kappa shape index (κ1) is 19.0. The van der Waals surface area contributed by atoms with Gasteiger partial charge in [-0.2, -0.15) is 11.8 Å². The molecule has 4 nitrogen and oxygen atoms in total. The molecule has 6 heteroatoms. The van der Waals surface area contributed by atoms with E-state index in [9.17, 15) is 4.79 Å². The molecule has 0 aromatic heterocycles. The van der Waals surface area contributed by atoms with E-state index in [1.807, 2.05) is 23.7 Å². The molecule has 1 aliphatic rings. The summed E-state index contributed by atoms with van der Waals surface area (Å²) in [4.78, 5) is 15.2. The van der Waals surface area contributed by atoms with Crippen molar-refractivity contribution in [1.82, 2.24) is 9.80 Å². The van der Waals surface area contributed by atoms with Gasteiger partial charge in [-0.05, 0) is 45.2 Å². The molecule has 1 atom stereocenters. The Labute approximate surface area is 127 Å². The zero-order valence-electron chi connectivity index (χ0n) is 12.0. The van der Waals surface area contributed by atoms with E-state index >= 15 is 0 Å². The smallest absolute Gasteiger partial charge is 0.317 e. The zero-order chi connectivity index (χ0) is 13.4. The molecule has 1 N–H and O–H groups in total. The average molecular weight is 311 g/mol. The predicted molar refractivity (Wildman–Crippen MR) is 84.6 cm³/mol. The van der Waals surface area contributed by atoms with E-state index in [0.29, 0.717) is 6.04 Å². The lowest BCUT2D eigenvalue weighted by Gasteiger charge is -2.25. The number of halogens is 1. The number of carboxylic acid groups (broad SMARTS) is 1.